The van der Waals surface area contributed by atoms with Crippen LogP contribution in [0.3, 0.4) is 0 Å². The van der Waals surface area contributed by atoms with Crippen molar-refractivity contribution in [2.24, 2.45) is 0 Å². The van der Waals surface area contributed by atoms with Crippen molar-refractivity contribution in [2.45, 2.75) is 24.2 Å². The van der Waals surface area contributed by atoms with Gasteiger partial charge in [0.25, 0.3) is 0 Å². The van der Waals surface area contributed by atoms with Gasteiger partial charge in [0.2, 0.25) is 0 Å². The predicted molar refractivity (Wildman–Crippen MR) is 53.0 cm³/mol. The van der Waals surface area contributed by atoms with Crippen molar-refractivity contribution in [1.82, 2.24) is 0 Å². The molecule has 3 nitrogen and oxygen atoms in total. The van der Waals surface area contributed by atoms with Gasteiger partial charge in [0.05, 0.1) is 19.6 Å². The highest BCUT2D eigenvalue weighted by Crippen LogP contribution is 2.57. The summed E-state index contributed by atoms with van der Waals surface area (Å²) in [6.07, 6.45) is 10.2. The van der Waals surface area contributed by atoms with Crippen LogP contribution in [0.25, 0.3) is 0 Å². The minimum Gasteiger partial charge on any atom is -0.474 e. The van der Waals surface area contributed by atoms with Crippen LogP contribution in [-0.4, -0.2) is 24.6 Å². The van der Waals surface area contributed by atoms with E-state index in [0.29, 0.717) is 13.2 Å². The second-order valence-electron chi connectivity index (χ2n) is 4.41. The molecule has 2 aliphatic heterocycles. The Morgan fingerprint density at radius 1 is 1.13 bits per heavy atom. The molecule has 0 N–H and O–H groups in total. The molecule has 78 valence electrons. The molecule has 3 heteroatoms. The molecule has 0 amide bonds. The number of ether oxygens (including phenoxy) is 3. The fourth-order valence-electron chi connectivity index (χ4n) is 2.75. The van der Waals surface area contributed by atoms with Gasteiger partial charge in [-0.25, -0.2) is 0 Å². The molecule has 0 aromatic heterocycles. The molecule has 2 aliphatic carbocycles. The molecule has 2 saturated heterocycles. The SMILES string of the molecule is C1=CC2(CC34OC3=CCC=C14)OCCO2. The van der Waals surface area contributed by atoms with Crippen molar-refractivity contribution >= 4 is 0 Å². The molecule has 4 rings (SSSR count). The molecule has 0 saturated carbocycles. The van der Waals surface area contributed by atoms with Gasteiger partial charge in [0.15, 0.2) is 11.4 Å². The summed E-state index contributed by atoms with van der Waals surface area (Å²) in [5.74, 6) is 0.576. The summed E-state index contributed by atoms with van der Waals surface area (Å²) < 4.78 is 17.1. The van der Waals surface area contributed by atoms with Crippen LogP contribution in [0, 0.1) is 0 Å². The van der Waals surface area contributed by atoms with E-state index in [4.69, 9.17) is 14.2 Å². The van der Waals surface area contributed by atoms with Gasteiger partial charge in [-0.05, 0) is 24.1 Å². The summed E-state index contributed by atoms with van der Waals surface area (Å²) in [6, 6.07) is 0. The van der Waals surface area contributed by atoms with E-state index in [2.05, 4.69) is 18.2 Å². The smallest absolute Gasteiger partial charge is 0.195 e. The Kier molecular flexibility index (Phi) is 1.28. The maximum atomic E-state index is 5.74. The predicted octanol–water partition coefficient (Wildman–Crippen LogP) is 1.67. The molecule has 1 atom stereocenters. The van der Waals surface area contributed by atoms with Gasteiger partial charge < -0.3 is 14.2 Å². The monoisotopic (exact) mass is 204 g/mol. The zero-order valence-corrected chi connectivity index (χ0v) is 8.36. The fraction of sp³-hybridized carbons (Fsp3) is 0.500. The Hall–Kier alpha value is -1.06. The van der Waals surface area contributed by atoms with Gasteiger partial charge in [-0.1, -0.05) is 12.2 Å². The van der Waals surface area contributed by atoms with Crippen LogP contribution >= 0.6 is 0 Å². The molecular weight excluding hydrogens is 192 g/mol. The molecule has 4 aliphatic rings. The van der Waals surface area contributed by atoms with E-state index in [1.807, 2.05) is 6.08 Å². The highest BCUT2D eigenvalue weighted by atomic mass is 16.7. The van der Waals surface area contributed by atoms with Crippen molar-refractivity contribution in [3.63, 3.8) is 0 Å². The van der Waals surface area contributed by atoms with E-state index in [1.165, 1.54) is 5.57 Å². The molecule has 0 radical (unpaired) electrons. The first-order valence-electron chi connectivity index (χ1n) is 5.41. The summed E-state index contributed by atoms with van der Waals surface area (Å²) >= 11 is 0. The zero-order chi connectivity index (χ0) is 9.93. The summed E-state index contributed by atoms with van der Waals surface area (Å²) in [6.45, 7) is 1.36. The van der Waals surface area contributed by atoms with Crippen molar-refractivity contribution in [3.05, 3.63) is 35.6 Å². The number of epoxide rings is 1. The topological polar surface area (TPSA) is 31.0 Å². The molecule has 2 fully saturated rings. The van der Waals surface area contributed by atoms with Gasteiger partial charge in [0.1, 0.15) is 5.76 Å². The van der Waals surface area contributed by atoms with E-state index in [1.54, 1.807) is 0 Å². The van der Waals surface area contributed by atoms with Gasteiger partial charge in [-0.2, -0.15) is 0 Å². The summed E-state index contributed by atoms with van der Waals surface area (Å²) in [5, 5.41) is 0. The van der Waals surface area contributed by atoms with Crippen LogP contribution in [-0.2, 0) is 14.2 Å². The molecule has 2 spiro atoms. The van der Waals surface area contributed by atoms with Crippen LogP contribution in [0.1, 0.15) is 12.8 Å². The van der Waals surface area contributed by atoms with Gasteiger partial charge in [-0.3, -0.25) is 0 Å². The lowest BCUT2D eigenvalue weighted by molar-refractivity contribution is -0.132. The number of hydrogen-bond acceptors (Lipinski definition) is 3. The quantitative estimate of drug-likeness (QED) is 0.562. The fourth-order valence-corrected chi connectivity index (χ4v) is 2.75. The molecule has 0 bridgehead atoms. The Labute approximate surface area is 88.0 Å². The van der Waals surface area contributed by atoms with Crippen LogP contribution in [0.2, 0.25) is 0 Å². The lowest BCUT2D eigenvalue weighted by Crippen LogP contribution is -2.38. The first-order valence-corrected chi connectivity index (χ1v) is 5.41. The van der Waals surface area contributed by atoms with Crippen molar-refractivity contribution < 1.29 is 14.2 Å². The molecule has 15 heavy (non-hydrogen) atoms. The molecular formula is C12H12O3. The Balaban J connectivity index is 1.78. The van der Waals surface area contributed by atoms with Gasteiger partial charge in [0, 0.05) is 0 Å². The number of hydrogen-bond donors (Lipinski definition) is 0. The zero-order valence-electron chi connectivity index (χ0n) is 8.36. The second kappa shape index (κ2) is 2.36. The van der Waals surface area contributed by atoms with Gasteiger partial charge in [-0.15, -0.1) is 0 Å². The Morgan fingerprint density at radius 2 is 2.00 bits per heavy atom. The van der Waals surface area contributed by atoms with E-state index in [0.717, 1.165) is 18.6 Å². The average molecular weight is 204 g/mol. The second-order valence-corrected chi connectivity index (χ2v) is 4.41. The molecule has 0 aromatic carbocycles. The van der Waals surface area contributed by atoms with E-state index >= 15 is 0 Å². The highest BCUT2D eigenvalue weighted by Gasteiger charge is 2.62. The third-order valence-corrected chi connectivity index (χ3v) is 3.54. The van der Waals surface area contributed by atoms with E-state index in [9.17, 15) is 0 Å². The average Bonchev–Trinajstić information content (AvgIpc) is 2.78. The minimum absolute atomic E-state index is 0.197. The molecule has 0 aromatic rings. The minimum atomic E-state index is -0.524. The lowest BCUT2D eigenvalue weighted by Gasteiger charge is -2.31. The maximum absolute atomic E-state index is 5.74. The standard InChI is InChI=1S/C12H12O3/c1-2-9-4-5-11(13-6-7-14-11)8-12(9)10(3-1)15-12/h2-5H,1,6-8H2. The van der Waals surface area contributed by atoms with Gasteiger partial charge >= 0.3 is 0 Å². The first kappa shape index (κ1) is 8.13. The largest absolute Gasteiger partial charge is 0.474 e. The Morgan fingerprint density at radius 3 is 2.87 bits per heavy atom. The van der Waals surface area contributed by atoms with E-state index in [-0.39, 0.29) is 5.60 Å². The lowest BCUT2D eigenvalue weighted by atomic mass is 9.82. The molecule has 1 unspecified atom stereocenters. The van der Waals surface area contributed by atoms with Crippen LogP contribution < -0.4 is 0 Å². The van der Waals surface area contributed by atoms with Crippen LogP contribution in [0.4, 0.5) is 0 Å². The summed E-state index contributed by atoms with van der Waals surface area (Å²) in [7, 11) is 0. The Bertz CT molecular complexity index is 413. The van der Waals surface area contributed by atoms with Crippen LogP contribution in [0.5, 0.6) is 0 Å². The van der Waals surface area contributed by atoms with Crippen molar-refractivity contribution in [2.75, 3.05) is 13.2 Å². The highest BCUT2D eigenvalue weighted by molar-refractivity contribution is 5.52. The normalized spacial score (nSPS) is 38.9. The number of rotatable bonds is 0. The van der Waals surface area contributed by atoms with E-state index < -0.39 is 5.79 Å². The molecule has 2 heterocycles. The van der Waals surface area contributed by atoms with Crippen molar-refractivity contribution in [1.29, 1.82) is 0 Å². The maximum Gasteiger partial charge on any atom is 0.195 e. The summed E-state index contributed by atoms with van der Waals surface area (Å²) in [4.78, 5) is 0. The van der Waals surface area contributed by atoms with Crippen molar-refractivity contribution in [3.8, 4) is 0 Å². The third-order valence-electron chi connectivity index (χ3n) is 3.54. The third kappa shape index (κ3) is 0.924. The summed E-state index contributed by atoms with van der Waals surface area (Å²) in [5.41, 5.74) is 1.07. The number of allylic oxidation sites excluding steroid dienone is 2. The first-order chi connectivity index (χ1) is 7.33. The van der Waals surface area contributed by atoms with Crippen LogP contribution in [0.15, 0.2) is 35.6 Å².